The van der Waals surface area contributed by atoms with Gasteiger partial charge in [-0.25, -0.2) is 0 Å². The van der Waals surface area contributed by atoms with E-state index in [1.165, 1.54) is 17.0 Å². The van der Waals surface area contributed by atoms with E-state index in [9.17, 15) is 0 Å². The van der Waals surface area contributed by atoms with Gasteiger partial charge in [-0.1, -0.05) is 29.8 Å². The second kappa shape index (κ2) is 6.89. The van der Waals surface area contributed by atoms with Crippen molar-refractivity contribution in [2.45, 2.75) is 20.8 Å². The zero-order valence-electron chi connectivity index (χ0n) is 14.1. The van der Waals surface area contributed by atoms with Crippen LogP contribution in [0.4, 0.5) is 11.4 Å². The molecule has 2 N–H and O–H groups in total. The molecule has 0 radical (unpaired) electrons. The third kappa shape index (κ3) is 3.49. The maximum absolute atomic E-state index is 5.47. The van der Waals surface area contributed by atoms with Gasteiger partial charge in [0.05, 0.1) is 11.4 Å². The minimum atomic E-state index is 0.578. The largest absolute Gasteiger partial charge is 0.332 e. The molecule has 3 rings (SSSR count). The lowest BCUT2D eigenvalue weighted by Gasteiger charge is -2.17. The molecule has 2 aromatic carbocycles. The topological polar surface area (TPSA) is 29.0 Å². The standard InChI is InChI=1S/C20H21N3S/c1-14-8-12-17(13-9-14)21-20(24)22-18-6-4-5-7-19(18)23-15(2)10-11-16(23)3/h4-13H,1-3H3,(H2,21,22,24). The van der Waals surface area contributed by atoms with Gasteiger partial charge >= 0.3 is 0 Å². The van der Waals surface area contributed by atoms with Gasteiger partial charge in [0.2, 0.25) is 0 Å². The fourth-order valence-corrected chi connectivity index (χ4v) is 2.97. The minimum Gasteiger partial charge on any atom is -0.332 e. The first-order valence-electron chi connectivity index (χ1n) is 7.93. The molecule has 0 bridgehead atoms. The summed E-state index contributed by atoms with van der Waals surface area (Å²) < 4.78 is 2.22. The van der Waals surface area contributed by atoms with Gasteiger partial charge in [0.15, 0.2) is 5.11 Å². The molecule has 3 aromatic rings. The number of anilines is 2. The van der Waals surface area contributed by atoms with Gasteiger partial charge in [-0.2, -0.15) is 0 Å². The van der Waals surface area contributed by atoms with Gasteiger partial charge in [-0.3, -0.25) is 0 Å². The lowest BCUT2D eigenvalue weighted by molar-refractivity contribution is 0.968. The highest BCUT2D eigenvalue weighted by Gasteiger charge is 2.09. The second-order valence-electron chi connectivity index (χ2n) is 5.91. The van der Waals surface area contributed by atoms with E-state index in [0.29, 0.717) is 5.11 Å². The zero-order chi connectivity index (χ0) is 17.1. The summed E-state index contributed by atoms with van der Waals surface area (Å²) in [5.74, 6) is 0. The molecule has 122 valence electrons. The highest BCUT2D eigenvalue weighted by atomic mass is 32.1. The first kappa shape index (κ1) is 16.3. The van der Waals surface area contributed by atoms with Crippen LogP contribution in [0.5, 0.6) is 0 Å². The number of nitrogens with one attached hydrogen (secondary N) is 2. The molecular weight excluding hydrogens is 314 g/mol. The highest BCUT2D eigenvalue weighted by molar-refractivity contribution is 7.80. The Bertz CT molecular complexity index is 843. The number of hydrogen-bond donors (Lipinski definition) is 2. The molecule has 0 unspecified atom stereocenters. The molecule has 0 amide bonds. The van der Waals surface area contributed by atoms with Crippen molar-refractivity contribution >= 4 is 28.7 Å². The van der Waals surface area contributed by atoms with E-state index in [2.05, 4.69) is 66.3 Å². The van der Waals surface area contributed by atoms with Crippen LogP contribution in [0.2, 0.25) is 0 Å². The van der Waals surface area contributed by atoms with Crippen LogP contribution in [0.1, 0.15) is 17.0 Å². The Hall–Kier alpha value is -2.59. The van der Waals surface area contributed by atoms with Crippen molar-refractivity contribution in [1.29, 1.82) is 0 Å². The van der Waals surface area contributed by atoms with Crippen LogP contribution in [0.25, 0.3) is 5.69 Å². The number of aromatic nitrogens is 1. The van der Waals surface area contributed by atoms with E-state index in [1.54, 1.807) is 0 Å². The summed E-state index contributed by atoms with van der Waals surface area (Å²) in [5.41, 5.74) is 6.65. The van der Waals surface area contributed by atoms with E-state index < -0.39 is 0 Å². The summed E-state index contributed by atoms with van der Waals surface area (Å²) >= 11 is 5.47. The van der Waals surface area contributed by atoms with Crippen LogP contribution < -0.4 is 10.6 Å². The van der Waals surface area contributed by atoms with E-state index in [-0.39, 0.29) is 0 Å². The number of aryl methyl sites for hydroxylation is 3. The SMILES string of the molecule is Cc1ccc(NC(=S)Nc2ccccc2-n2c(C)ccc2C)cc1. The normalized spacial score (nSPS) is 10.5. The number of rotatable bonds is 3. The summed E-state index contributed by atoms with van der Waals surface area (Å²) in [6.07, 6.45) is 0. The fraction of sp³-hybridized carbons (Fsp3) is 0.150. The molecule has 3 nitrogen and oxygen atoms in total. The Morgan fingerprint density at radius 3 is 2.08 bits per heavy atom. The van der Waals surface area contributed by atoms with Gasteiger partial charge in [0.25, 0.3) is 0 Å². The Labute approximate surface area is 148 Å². The van der Waals surface area contributed by atoms with E-state index in [4.69, 9.17) is 12.2 Å². The molecule has 0 saturated heterocycles. The van der Waals surface area contributed by atoms with Gasteiger partial charge in [0, 0.05) is 17.1 Å². The third-order valence-corrected chi connectivity index (χ3v) is 4.18. The number of hydrogen-bond acceptors (Lipinski definition) is 1. The van der Waals surface area contributed by atoms with Crippen LogP contribution in [-0.4, -0.2) is 9.68 Å². The molecular formula is C20H21N3S. The molecule has 4 heteroatoms. The summed E-state index contributed by atoms with van der Waals surface area (Å²) in [6.45, 7) is 6.28. The number of nitrogens with zero attached hydrogens (tertiary/aromatic N) is 1. The quantitative estimate of drug-likeness (QED) is 0.644. The van der Waals surface area contributed by atoms with Crippen LogP contribution in [0, 0.1) is 20.8 Å². The average Bonchev–Trinajstić information content (AvgIpc) is 2.89. The van der Waals surface area contributed by atoms with Crippen molar-refractivity contribution in [2.24, 2.45) is 0 Å². The van der Waals surface area contributed by atoms with Crippen LogP contribution in [0.3, 0.4) is 0 Å². The van der Waals surface area contributed by atoms with Crippen molar-refractivity contribution < 1.29 is 0 Å². The summed E-state index contributed by atoms with van der Waals surface area (Å²) in [5, 5.41) is 7.12. The minimum absolute atomic E-state index is 0.578. The molecule has 0 aliphatic carbocycles. The lowest BCUT2D eigenvalue weighted by Crippen LogP contribution is -2.20. The Morgan fingerprint density at radius 2 is 1.42 bits per heavy atom. The number of thiocarbonyl (C=S) groups is 1. The van der Waals surface area contributed by atoms with Gasteiger partial charge < -0.3 is 15.2 Å². The molecule has 0 atom stereocenters. The average molecular weight is 335 g/mol. The fourth-order valence-electron chi connectivity index (χ4n) is 2.74. The van der Waals surface area contributed by atoms with Crippen molar-refractivity contribution in [2.75, 3.05) is 10.6 Å². The Morgan fingerprint density at radius 1 is 0.792 bits per heavy atom. The van der Waals surface area contributed by atoms with Crippen molar-refractivity contribution in [3.63, 3.8) is 0 Å². The summed E-state index contributed by atoms with van der Waals surface area (Å²) in [7, 11) is 0. The van der Waals surface area contributed by atoms with Crippen molar-refractivity contribution in [3.8, 4) is 5.69 Å². The first-order valence-corrected chi connectivity index (χ1v) is 8.34. The first-order chi connectivity index (χ1) is 11.5. The Kier molecular flexibility index (Phi) is 4.67. The summed E-state index contributed by atoms with van der Waals surface area (Å²) in [6, 6.07) is 20.6. The monoisotopic (exact) mass is 335 g/mol. The van der Waals surface area contributed by atoms with E-state index >= 15 is 0 Å². The molecule has 0 aliphatic heterocycles. The number of para-hydroxylation sites is 2. The molecule has 0 saturated carbocycles. The molecule has 0 aliphatic rings. The predicted octanol–water partition coefficient (Wildman–Crippen LogP) is 5.21. The van der Waals surface area contributed by atoms with Crippen molar-refractivity contribution in [3.05, 3.63) is 77.6 Å². The third-order valence-electron chi connectivity index (χ3n) is 3.97. The maximum Gasteiger partial charge on any atom is 0.175 e. The number of benzene rings is 2. The molecule has 1 heterocycles. The molecule has 1 aromatic heterocycles. The highest BCUT2D eigenvalue weighted by Crippen LogP contribution is 2.24. The smallest absolute Gasteiger partial charge is 0.175 e. The predicted molar refractivity (Wildman–Crippen MR) is 106 cm³/mol. The van der Waals surface area contributed by atoms with E-state index in [0.717, 1.165) is 17.1 Å². The second-order valence-corrected chi connectivity index (χ2v) is 6.32. The van der Waals surface area contributed by atoms with Crippen LogP contribution >= 0.6 is 12.2 Å². The van der Waals surface area contributed by atoms with Gasteiger partial charge in [-0.05, 0) is 69.4 Å². The summed E-state index contributed by atoms with van der Waals surface area (Å²) in [4.78, 5) is 0. The van der Waals surface area contributed by atoms with Crippen molar-refractivity contribution in [1.82, 2.24) is 4.57 Å². The van der Waals surface area contributed by atoms with E-state index in [1.807, 2.05) is 30.3 Å². The Balaban J connectivity index is 1.83. The molecule has 0 fully saturated rings. The van der Waals surface area contributed by atoms with Gasteiger partial charge in [-0.15, -0.1) is 0 Å². The molecule has 0 spiro atoms. The molecule has 24 heavy (non-hydrogen) atoms. The zero-order valence-corrected chi connectivity index (χ0v) is 14.9. The van der Waals surface area contributed by atoms with Crippen LogP contribution in [-0.2, 0) is 0 Å². The lowest BCUT2D eigenvalue weighted by atomic mass is 10.2. The maximum atomic E-state index is 5.47. The van der Waals surface area contributed by atoms with Crippen LogP contribution in [0.15, 0.2) is 60.7 Å². The van der Waals surface area contributed by atoms with Gasteiger partial charge in [0.1, 0.15) is 0 Å².